The lowest BCUT2D eigenvalue weighted by atomic mass is 9.92. The Bertz CT molecular complexity index is 660. The number of hydrogen-bond donors (Lipinski definition) is 3. The molecule has 0 atom stereocenters. The van der Waals surface area contributed by atoms with E-state index in [0.717, 1.165) is 31.6 Å². The first-order valence-electron chi connectivity index (χ1n) is 9.61. The second-order valence-electron chi connectivity index (χ2n) is 7.55. The number of rotatable bonds is 6. The number of aliphatic imine (C=N–C) groups is 1. The lowest BCUT2D eigenvalue weighted by molar-refractivity contribution is -0.128. The average Bonchev–Trinajstić information content (AvgIpc) is 2.66. The molecule has 0 bridgehead atoms. The molecule has 0 unspecified atom stereocenters. The van der Waals surface area contributed by atoms with Crippen molar-refractivity contribution in [1.82, 2.24) is 16.0 Å². The van der Waals surface area contributed by atoms with Gasteiger partial charge in [0.05, 0.1) is 5.41 Å². The average molecular weight is 505 g/mol. The van der Waals surface area contributed by atoms with Crippen molar-refractivity contribution < 1.29 is 9.18 Å². The van der Waals surface area contributed by atoms with Gasteiger partial charge in [0.25, 0.3) is 0 Å². The zero-order chi connectivity index (χ0) is 19.9. The fraction of sp³-hybridized carbons (Fsp3) is 0.600. The number of benzene rings is 1. The van der Waals surface area contributed by atoms with Crippen LogP contribution in [0.4, 0.5) is 10.1 Å². The number of piperidine rings is 1. The van der Waals surface area contributed by atoms with Crippen molar-refractivity contribution >= 4 is 41.5 Å². The van der Waals surface area contributed by atoms with E-state index in [0.29, 0.717) is 25.1 Å². The number of hydrogen-bond acceptors (Lipinski definition) is 3. The molecule has 2 rings (SSSR count). The van der Waals surface area contributed by atoms with Gasteiger partial charge in [-0.25, -0.2) is 4.39 Å². The Labute approximate surface area is 184 Å². The van der Waals surface area contributed by atoms with Gasteiger partial charge in [0.2, 0.25) is 5.91 Å². The molecular weight excluding hydrogens is 472 g/mol. The van der Waals surface area contributed by atoms with Crippen LogP contribution in [-0.2, 0) is 4.79 Å². The van der Waals surface area contributed by atoms with Gasteiger partial charge in [-0.15, -0.1) is 24.0 Å². The molecule has 0 aliphatic carbocycles. The van der Waals surface area contributed by atoms with Gasteiger partial charge in [-0.05, 0) is 51.8 Å². The maximum atomic E-state index is 13.4. The molecule has 3 N–H and O–H groups in total. The van der Waals surface area contributed by atoms with Crippen molar-refractivity contribution in [3.8, 4) is 0 Å². The van der Waals surface area contributed by atoms with Crippen molar-refractivity contribution in [1.29, 1.82) is 0 Å². The van der Waals surface area contributed by atoms with E-state index in [1.165, 1.54) is 6.07 Å². The zero-order valence-corrected chi connectivity index (χ0v) is 19.5. The van der Waals surface area contributed by atoms with Crippen LogP contribution in [0.2, 0.25) is 0 Å². The smallest absolute Gasteiger partial charge is 0.227 e. The van der Waals surface area contributed by atoms with Gasteiger partial charge in [-0.3, -0.25) is 9.79 Å². The molecule has 158 valence electrons. The number of anilines is 1. The van der Waals surface area contributed by atoms with Gasteiger partial charge in [0, 0.05) is 45.0 Å². The summed E-state index contributed by atoms with van der Waals surface area (Å²) in [6.07, 6.45) is 1.88. The summed E-state index contributed by atoms with van der Waals surface area (Å²) in [5.74, 6) is 0.528. The molecular formula is C20H33FIN5O. The van der Waals surface area contributed by atoms with Gasteiger partial charge in [-0.1, -0.05) is 6.07 Å². The van der Waals surface area contributed by atoms with Crippen molar-refractivity contribution in [2.75, 3.05) is 38.1 Å². The highest BCUT2D eigenvalue weighted by Gasteiger charge is 2.28. The highest BCUT2D eigenvalue weighted by molar-refractivity contribution is 14.0. The summed E-state index contributed by atoms with van der Waals surface area (Å²) in [6.45, 7) is 8.59. The Kier molecular flexibility index (Phi) is 9.98. The highest BCUT2D eigenvalue weighted by Crippen LogP contribution is 2.20. The van der Waals surface area contributed by atoms with Gasteiger partial charge < -0.3 is 20.9 Å². The standard InChI is InChI=1S/C20H32FN5O.HI/c1-5-23-18(27)20(2,3)14-24-19(22-4)25-16-9-11-26(12-10-16)17-8-6-7-15(21)13-17;/h6-8,13,16H,5,9-12,14H2,1-4H3,(H,23,27)(H2,22,24,25);1H. The molecule has 1 aromatic carbocycles. The maximum Gasteiger partial charge on any atom is 0.227 e. The van der Waals surface area contributed by atoms with E-state index >= 15 is 0 Å². The minimum atomic E-state index is -0.519. The van der Waals surface area contributed by atoms with Crippen LogP contribution in [0.3, 0.4) is 0 Å². The van der Waals surface area contributed by atoms with Crippen molar-refractivity contribution in [3.63, 3.8) is 0 Å². The predicted octanol–water partition coefficient (Wildman–Crippen LogP) is 2.74. The first kappa shape index (κ1) is 24.5. The monoisotopic (exact) mass is 505 g/mol. The summed E-state index contributed by atoms with van der Waals surface area (Å²) >= 11 is 0. The zero-order valence-electron chi connectivity index (χ0n) is 17.2. The number of halogens is 2. The first-order valence-corrected chi connectivity index (χ1v) is 9.61. The Morgan fingerprint density at radius 3 is 2.54 bits per heavy atom. The van der Waals surface area contributed by atoms with E-state index in [1.54, 1.807) is 19.2 Å². The van der Waals surface area contributed by atoms with Crippen LogP contribution in [-0.4, -0.2) is 51.1 Å². The molecule has 6 nitrogen and oxygen atoms in total. The van der Waals surface area contributed by atoms with E-state index < -0.39 is 5.41 Å². The number of carbonyl (C=O) groups is 1. The van der Waals surface area contributed by atoms with Gasteiger partial charge >= 0.3 is 0 Å². The molecule has 1 aromatic rings. The van der Waals surface area contributed by atoms with Gasteiger partial charge in [0.15, 0.2) is 5.96 Å². The molecule has 0 aromatic heterocycles. The van der Waals surface area contributed by atoms with Crippen LogP contribution < -0.4 is 20.9 Å². The second-order valence-corrected chi connectivity index (χ2v) is 7.55. The number of amides is 1. The molecule has 0 radical (unpaired) electrons. The Morgan fingerprint density at radius 2 is 1.96 bits per heavy atom. The van der Waals surface area contributed by atoms with Crippen LogP contribution in [0.15, 0.2) is 29.3 Å². The highest BCUT2D eigenvalue weighted by atomic mass is 127. The van der Waals surface area contributed by atoms with Crippen molar-refractivity contribution in [2.24, 2.45) is 10.4 Å². The van der Waals surface area contributed by atoms with Crippen LogP contribution in [0, 0.1) is 11.2 Å². The third-order valence-electron chi connectivity index (χ3n) is 4.88. The van der Waals surface area contributed by atoms with E-state index in [1.807, 2.05) is 26.8 Å². The molecule has 1 heterocycles. The SMILES string of the molecule is CCNC(=O)C(C)(C)CNC(=NC)NC1CCN(c2cccc(F)c2)CC1.I. The maximum absolute atomic E-state index is 13.4. The molecule has 8 heteroatoms. The summed E-state index contributed by atoms with van der Waals surface area (Å²) in [7, 11) is 1.73. The number of nitrogens with one attached hydrogen (secondary N) is 3. The normalized spacial score (nSPS) is 15.6. The van der Waals surface area contributed by atoms with E-state index in [2.05, 4.69) is 25.8 Å². The minimum Gasteiger partial charge on any atom is -0.371 e. The van der Waals surface area contributed by atoms with E-state index in [4.69, 9.17) is 0 Å². The molecule has 1 fully saturated rings. The topological polar surface area (TPSA) is 68.8 Å². The predicted molar refractivity (Wildman–Crippen MR) is 124 cm³/mol. The summed E-state index contributed by atoms with van der Waals surface area (Å²) in [4.78, 5) is 18.6. The lowest BCUT2D eigenvalue weighted by Crippen LogP contribution is -2.52. The van der Waals surface area contributed by atoms with Crippen LogP contribution in [0.25, 0.3) is 0 Å². The summed E-state index contributed by atoms with van der Waals surface area (Å²) in [5.41, 5.74) is 0.411. The minimum absolute atomic E-state index is 0. The second kappa shape index (κ2) is 11.4. The van der Waals surface area contributed by atoms with Crippen LogP contribution in [0.5, 0.6) is 0 Å². The van der Waals surface area contributed by atoms with Gasteiger partial charge in [0.1, 0.15) is 5.82 Å². The fourth-order valence-electron chi connectivity index (χ4n) is 3.13. The van der Waals surface area contributed by atoms with E-state index in [-0.39, 0.29) is 35.7 Å². The van der Waals surface area contributed by atoms with Crippen LogP contribution in [0.1, 0.15) is 33.6 Å². The summed E-state index contributed by atoms with van der Waals surface area (Å²) in [5, 5.41) is 9.56. The molecule has 1 aliphatic heterocycles. The Balaban J connectivity index is 0.00000392. The quantitative estimate of drug-likeness (QED) is 0.316. The lowest BCUT2D eigenvalue weighted by Gasteiger charge is -2.35. The molecule has 1 aliphatic rings. The molecule has 1 amide bonds. The molecule has 1 saturated heterocycles. The summed E-state index contributed by atoms with van der Waals surface area (Å²) < 4.78 is 13.4. The van der Waals surface area contributed by atoms with Crippen molar-refractivity contribution in [3.05, 3.63) is 30.1 Å². The number of nitrogens with zero attached hydrogens (tertiary/aromatic N) is 2. The molecule has 28 heavy (non-hydrogen) atoms. The van der Waals surface area contributed by atoms with Crippen molar-refractivity contribution in [2.45, 2.75) is 39.7 Å². The van der Waals surface area contributed by atoms with Crippen LogP contribution >= 0.6 is 24.0 Å². The Morgan fingerprint density at radius 1 is 1.29 bits per heavy atom. The Hall–Kier alpha value is -1.58. The van der Waals surface area contributed by atoms with E-state index in [9.17, 15) is 9.18 Å². The van der Waals surface area contributed by atoms with Gasteiger partial charge in [-0.2, -0.15) is 0 Å². The third-order valence-corrected chi connectivity index (χ3v) is 4.88. The fourth-order valence-corrected chi connectivity index (χ4v) is 3.13. The third kappa shape index (κ3) is 7.10. The largest absolute Gasteiger partial charge is 0.371 e. The number of guanidine groups is 1. The first-order chi connectivity index (χ1) is 12.9. The molecule has 0 spiro atoms. The number of carbonyl (C=O) groups excluding carboxylic acids is 1. The summed E-state index contributed by atoms with van der Waals surface area (Å²) in [6, 6.07) is 7.04. The molecule has 0 saturated carbocycles.